The average Bonchev–Trinajstić information content (AvgIpc) is 2.98. The van der Waals surface area contributed by atoms with E-state index < -0.39 is 0 Å². The molecule has 3 nitrogen and oxygen atoms in total. The smallest absolute Gasteiger partial charge is 0.0624 e. The number of nitrogens with zero attached hydrogens (tertiary/aromatic N) is 2. The molecule has 0 bridgehead atoms. The fraction of sp³-hybridized carbons (Fsp3) is 0.750. The molecule has 1 saturated carbocycles. The fourth-order valence-corrected chi connectivity index (χ4v) is 1.85. The van der Waals surface area contributed by atoms with Gasteiger partial charge in [0.15, 0.2) is 0 Å². The molecule has 0 amide bonds. The van der Waals surface area contributed by atoms with Crippen LogP contribution < -0.4 is 5.32 Å². The number of aryl methyl sites for hydroxylation is 2. The van der Waals surface area contributed by atoms with Gasteiger partial charge >= 0.3 is 0 Å². The van der Waals surface area contributed by atoms with E-state index in [0.29, 0.717) is 0 Å². The van der Waals surface area contributed by atoms with Crippen molar-refractivity contribution in [1.82, 2.24) is 15.1 Å². The molecule has 1 N–H and O–H groups in total. The predicted molar refractivity (Wildman–Crippen MR) is 62.0 cm³/mol. The SMILES string of the molecule is CCc1cc(CCNC2CC2)n(CC)n1. The Hall–Kier alpha value is -0.830. The van der Waals surface area contributed by atoms with Gasteiger partial charge in [-0.05, 0) is 32.3 Å². The number of nitrogens with one attached hydrogen (secondary N) is 1. The first-order valence-electron chi connectivity index (χ1n) is 6.12. The molecule has 0 saturated heterocycles. The van der Waals surface area contributed by atoms with Crippen LogP contribution in [0.2, 0.25) is 0 Å². The molecule has 1 fully saturated rings. The maximum absolute atomic E-state index is 4.55. The topological polar surface area (TPSA) is 29.9 Å². The van der Waals surface area contributed by atoms with Crippen molar-refractivity contribution in [3.63, 3.8) is 0 Å². The first-order chi connectivity index (χ1) is 7.33. The fourth-order valence-electron chi connectivity index (χ4n) is 1.85. The van der Waals surface area contributed by atoms with E-state index in [9.17, 15) is 0 Å². The van der Waals surface area contributed by atoms with Crippen molar-refractivity contribution in [3.8, 4) is 0 Å². The highest BCUT2D eigenvalue weighted by Gasteiger charge is 2.19. The minimum atomic E-state index is 0.814. The third-order valence-corrected chi connectivity index (χ3v) is 2.97. The van der Waals surface area contributed by atoms with Gasteiger partial charge in [-0.3, -0.25) is 4.68 Å². The van der Waals surface area contributed by atoms with Crippen molar-refractivity contribution < 1.29 is 0 Å². The van der Waals surface area contributed by atoms with Gasteiger partial charge in [0.2, 0.25) is 0 Å². The van der Waals surface area contributed by atoms with Crippen LogP contribution in [0.5, 0.6) is 0 Å². The summed E-state index contributed by atoms with van der Waals surface area (Å²) in [7, 11) is 0. The largest absolute Gasteiger partial charge is 0.314 e. The molecule has 0 aliphatic heterocycles. The van der Waals surface area contributed by atoms with Crippen LogP contribution in [-0.4, -0.2) is 22.4 Å². The van der Waals surface area contributed by atoms with Crippen molar-refractivity contribution in [2.24, 2.45) is 0 Å². The van der Waals surface area contributed by atoms with Crippen LogP contribution in [0.15, 0.2) is 6.07 Å². The van der Waals surface area contributed by atoms with Gasteiger partial charge in [-0.25, -0.2) is 0 Å². The van der Waals surface area contributed by atoms with Crippen LogP contribution in [0.25, 0.3) is 0 Å². The minimum absolute atomic E-state index is 0.814. The summed E-state index contributed by atoms with van der Waals surface area (Å²) >= 11 is 0. The van der Waals surface area contributed by atoms with Crippen molar-refractivity contribution in [2.45, 2.75) is 52.1 Å². The molecular weight excluding hydrogens is 186 g/mol. The van der Waals surface area contributed by atoms with Gasteiger partial charge in [0.05, 0.1) is 5.69 Å². The molecule has 0 atom stereocenters. The van der Waals surface area contributed by atoms with Crippen molar-refractivity contribution in [1.29, 1.82) is 0 Å². The second-order valence-electron chi connectivity index (χ2n) is 4.27. The highest BCUT2D eigenvalue weighted by atomic mass is 15.3. The van der Waals surface area contributed by atoms with E-state index in [1.807, 2.05) is 0 Å². The molecule has 1 heterocycles. The standard InChI is InChI=1S/C12H21N3/c1-3-10-9-12(15(4-2)14-10)7-8-13-11-5-6-11/h9,11,13H,3-8H2,1-2H3. The maximum Gasteiger partial charge on any atom is 0.0624 e. The molecule has 84 valence electrons. The van der Waals surface area contributed by atoms with Gasteiger partial charge in [-0.15, -0.1) is 0 Å². The first-order valence-corrected chi connectivity index (χ1v) is 6.12. The van der Waals surface area contributed by atoms with Crippen LogP contribution >= 0.6 is 0 Å². The van der Waals surface area contributed by atoms with Crippen molar-refractivity contribution in [2.75, 3.05) is 6.54 Å². The number of aromatic nitrogens is 2. The predicted octanol–water partition coefficient (Wildman–Crippen LogP) is 1.76. The molecule has 1 aromatic rings. The van der Waals surface area contributed by atoms with Crippen LogP contribution in [0.3, 0.4) is 0 Å². The quantitative estimate of drug-likeness (QED) is 0.770. The second kappa shape index (κ2) is 4.79. The number of hydrogen-bond donors (Lipinski definition) is 1. The van der Waals surface area contributed by atoms with E-state index in [-0.39, 0.29) is 0 Å². The minimum Gasteiger partial charge on any atom is -0.314 e. The van der Waals surface area contributed by atoms with Gasteiger partial charge in [-0.1, -0.05) is 6.92 Å². The Morgan fingerprint density at radius 3 is 2.87 bits per heavy atom. The lowest BCUT2D eigenvalue weighted by Crippen LogP contribution is -2.20. The average molecular weight is 207 g/mol. The molecule has 1 aromatic heterocycles. The van der Waals surface area contributed by atoms with Gasteiger partial charge in [0.1, 0.15) is 0 Å². The maximum atomic E-state index is 4.55. The van der Waals surface area contributed by atoms with Gasteiger partial charge < -0.3 is 5.32 Å². The number of hydrogen-bond acceptors (Lipinski definition) is 2. The summed E-state index contributed by atoms with van der Waals surface area (Å²) in [6.45, 7) is 6.40. The van der Waals surface area contributed by atoms with E-state index in [1.165, 1.54) is 24.2 Å². The Morgan fingerprint density at radius 2 is 2.27 bits per heavy atom. The molecule has 0 unspecified atom stereocenters. The highest BCUT2D eigenvalue weighted by molar-refractivity contribution is 5.11. The normalized spacial score (nSPS) is 15.9. The van der Waals surface area contributed by atoms with E-state index >= 15 is 0 Å². The molecule has 3 heteroatoms. The number of rotatable bonds is 6. The lowest BCUT2D eigenvalue weighted by molar-refractivity contribution is 0.592. The highest BCUT2D eigenvalue weighted by Crippen LogP contribution is 2.18. The molecule has 15 heavy (non-hydrogen) atoms. The summed E-state index contributed by atoms with van der Waals surface area (Å²) in [5.41, 5.74) is 2.60. The van der Waals surface area contributed by atoms with Crippen LogP contribution in [-0.2, 0) is 19.4 Å². The van der Waals surface area contributed by atoms with Crippen LogP contribution in [0.4, 0.5) is 0 Å². The van der Waals surface area contributed by atoms with Crippen LogP contribution in [0, 0.1) is 0 Å². The zero-order valence-electron chi connectivity index (χ0n) is 9.79. The summed E-state index contributed by atoms with van der Waals surface area (Å²) in [6, 6.07) is 3.06. The summed E-state index contributed by atoms with van der Waals surface area (Å²) in [5, 5.41) is 8.09. The molecule has 0 aromatic carbocycles. The third-order valence-electron chi connectivity index (χ3n) is 2.97. The second-order valence-corrected chi connectivity index (χ2v) is 4.27. The van der Waals surface area contributed by atoms with Crippen molar-refractivity contribution in [3.05, 3.63) is 17.5 Å². The Bertz CT molecular complexity index is 313. The molecule has 1 aliphatic rings. The first kappa shape index (κ1) is 10.7. The zero-order chi connectivity index (χ0) is 10.7. The lowest BCUT2D eigenvalue weighted by Gasteiger charge is -2.04. The summed E-state index contributed by atoms with van der Waals surface area (Å²) in [4.78, 5) is 0. The molecule has 2 rings (SSSR count). The molecule has 0 spiro atoms. The van der Waals surface area contributed by atoms with Gasteiger partial charge in [0, 0.05) is 31.2 Å². The Labute approximate surface area is 91.9 Å². The molecule has 0 radical (unpaired) electrons. The monoisotopic (exact) mass is 207 g/mol. The Kier molecular flexibility index (Phi) is 3.41. The Morgan fingerprint density at radius 1 is 1.47 bits per heavy atom. The van der Waals surface area contributed by atoms with Crippen LogP contribution in [0.1, 0.15) is 38.1 Å². The zero-order valence-corrected chi connectivity index (χ0v) is 9.79. The van der Waals surface area contributed by atoms with Gasteiger partial charge in [-0.2, -0.15) is 5.10 Å². The molecular formula is C12H21N3. The van der Waals surface area contributed by atoms with Gasteiger partial charge in [0.25, 0.3) is 0 Å². The summed E-state index contributed by atoms with van der Waals surface area (Å²) in [6.07, 6.45) is 4.88. The molecule has 1 aliphatic carbocycles. The van der Waals surface area contributed by atoms with E-state index in [2.05, 4.69) is 35.0 Å². The van der Waals surface area contributed by atoms with Crippen molar-refractivity contribution >= 4 is 0 Å². The van der Waals surface area contributed by atoms with E-state index in [1.54, 1.807) is 0 Å². The Balaban J connectivity index is 1.89. The summed E-state index contributed by atoms with van der Waals surface area (Å²) < 4.78 is 2.13. The third kappa shape index (κ3) is 2.81. The summed E-state index contributed by atoms with van der Waals surface area (Å²) in [5.74, 6) is 0. The van der Waals surface area contributed by atoms with E-state index in [4.69, 9.17) is 0 Å². The van der Waals surface area contributed by atoms with E-state index in [0.717, 1.165) is 32.0 Å². The lowest BCUT2D eigenvalue weighted by atomic mass is 10.2.